The maximum atomic E-state index is 10.4. The van der Waals surface area contributed by atoms with Gasteiger partial charge in [-0.3, -0.25) is 4.79 Å². The smallest absolute Gasteiger partial charge is 0.308 e. The van der Waals surface area contributed by atoms with E-state index in [4.69, 9.17) is 4.74 Å². The summed E-state index contributed by atoms with van der Waals surface area (Å²) in [4.78, 5) is 10.4. The van der Waals surface area contributed by atoms with Crippen molar-refractivity contribution >= 4 is 18.6 Å². The number of para-hydroxylation sites is 1. The van der Waals surface area contributed by atoms with Gasteiger partial charge in [0.25, 0.3) is 0 Å². The fraction of sp³-hybridized carbons (Fsp3) is 0.438. The van der Waals surface area contributed by atoms with Crippen molar-refractivity contribution in [2.24, 2.45) is 0 Å². The first-order chi connectivity index (χ1) is 9.06. The lowest BCUT2D eigenvalue weighted by Crippen LogP contribution is -2.00. The zero-order valence-electron chi connectivity index (χ0n) is 11.8. The van der Waals surface area contributed by atoms with E-state index < -0.39 is 0 Å². The summed E-state index contributed by atoms with van der Waals surface area (Å²) >= 11 is 4.13. The van der Waals surface area contributed by atoms with E-state index in [2.05, 4.69) is 31.4 Å². The van der Waals surface area contributed by atoms with Crippen LogP contribution < -0.4 is 4.74 Å². The van der Waals surface area contributed by atoms with Crippen LogP contribution in [0.15, 0.2) is 30.3 Å². The molecule has 3 heteroatoms. The fourth-order valence-electron chi connectivity index (χ4n) is 1.14. The van der Waals surface area contributed by atoms with E-state index in [1.165, 1.54) is 19.8 Å². The van der Waals surface area contributed by atoms with Crippen LogP contribution in [-0.4, -0.2) is 11.2 Å². The summed E-state index contributed by atoms with van der Waals surface area (Å²) in [5, 5.41) is 0.238. The van der Waals surface area contributed by atoms with E-state index in [0.29, 0.717) is 5.75 Å². The molecule has 0 aliphatic rings. The zero-order valence-corrected chi connectivity index (χ0v) is 12.7. The topological polar surface area (TPSA) is 26.3 Å². The van der Waals surface area contributed by atoms with Gasteiger partial charge in [0.2, 0.25) is 0 Å². The summed E-state index contributed by atoms with van der Waals surface area (Å²) < 4.78 is 4.78. The Morgan fingerprint density at radius 3 is 2.47 bits per heavy atom. The van der Waals surface area contributed by atoms with Gasteiger partial charge in [-0.05, 0) is 25.5 Å². The molecule has 0 saturated carbocycles. The minimum absolute atomic E-state index is 0.238. The van der Waals surface area contributed by atoms with Crippen molar-refractivity contribution in [3.8, 4) is 17.6 Å². The lowest BCUT2D eigenvalue weighted by molar-refractivity contribution is -0.131. The van der Waals surface area contributed by atoms with Gasteiger partial charge in [0.15, 0.2) is 0 Å². The molecular formula is C16H22O2S. The number of hydrogen-bond donors (Lipinski definition) is 1. The molecule has 0 aliphatic heterocycles. The van der Waals surface area contributed by atoms with Crippen LogP contribution in [0.1, 0.15) is 40.0 Å². The first kappa shape index (κ1) is 17.6. The summed E-state index contributed by atoms with van der Waals surface area (Å²) in [6, 6.07) is 8.98. The first-order valence-corrected chi connectivity index (χ1v) is 6.97. The average molecular weight is 278 g/mol. The number of carbonyl (C=O) groups excluding carboxylic acids is 1. The molecular weight excluding hydrogens is 256 g/mol. The molecule has 0 spiro atoms. The highest BCUT2D eigenvalue weighted by atomic mass is 32.1. The summed E-state index contributed by atoms with van der Waals surface area (Å²) in [5.41, 5.74) is 0. The second-order valence-electron chi connectivity index (χ2n) is 4.01. The molecule has 19 heavy (non-hydrogen) atoms. The van der Waals surface area contributed by atoms with Gasteiger partial charge in [0, 0.05) is 13.3 Å². The predicted octanol–water partition coefficient (Wildman–Crippen LogP) is 4.11. The van der Waals surface area contributed by atoms with Crippen molar-refractivity contribution in [1.82, 2.24) is 0 Å². The van der Waals surface area contributed by atoms with Crippen molar-refractivity contribution in [3.63, 3.8) is 0 Å². The molecule has 0 aromatic heterocycles. The summed E-state index contributed by atoms with van der Waals surface area (Å²) in [7, 11) is 0. The monoisotopic (exact) mass is 278 g/mol. The third kappa shape index (κ3) is 12.8. The Labute approximate surface area is 122 Å². The number of esters is 1. The van der Waals surface area contributed by atoms with Crippen LogP contribution in [0.5, 0.6) is 5.75 Å². The van der Waals surface area contributed by atoms with Crippen LogP contribution in [0.4, 0.5) is 0 Å². The number of hydrogen-bond acceptors (Lipinski definition) is 3. The van der Waals surface area contributed by atoms with E-state index >= 15 is 0 Å². The Balaban J connectivity index is 0.000000344. The van der Waals surface area contributed by atoms with Crippen LogP contribution in [-0.2, 0) is 4.79 Å². The van der Waals surface area contributed by atoms with Crippen molar-refractivity contribution < 1.29 is 9.53 Å². The molecule has 0 aliphatic carbocycles. The van der Waals surface area contributed by atoms with Gasteiger partial charge in [0.05, 0.1) is 5.25 Å². The van der Waals surface area contributed by atoms with E-state index in [1.54, 1.807) is 12.1 Å². The largest absolute Gasteiger partial charge is 0.427 e. The lowest BCUT2D eigenvalue weighted by Gasteiger charge is -1.97. The van der Waals surface area contributed by atoms with Crippen molar-refractivity contribution in [2.45, 2.75) is 45.3 Å². The Kier molecular flexibility index (Phi) is 10.8. The minimum Gasteiger partial charge on any atom is -0.427 e. The molecule has 1 unspecified atom stereocenters. The third-order valence-electron chi connectivity index (χ3n) is 1.97. The Bertz CT molecular complexity index is 402. The molecule has 1 atom stereocenters. The Hall–Kier alpha value is -1.40. The molecule has 0 N–H and O–H groups in total. The summed E-state index contributed by atoms with van der Waals surface area (Å²) in [6.07, 6.45) is 3.48. The van der Waals surface area contributed by atoms with Gasteiger partial charge in [-0.15, -0.1) is 5.92 Å². The van der Waals surface area contributed by atoms with E-state index in [-0.39, 0.29) is 11.2 Å². The molecule has 2 nitrogen and oxygen atoms in total. The van der Waals surface area contributed by atoms with Crippen LogP contribution in [0.25, 0.3) is 0 Å². The maximum absolute atomic E-state index is 10.4. The highest BCUT2D eigenvalue weighted by Gasteiger charge is 1.92. The highest BCUT2D eigenvalue weighted by Crippen LogP contribution is 2.07. The van der Waals surface area contributed by atoms with Gasteiger partial charge < -0.3 is 4.74 Å². The number of carbonyl (C=O) groups is 1. The van der Waals surface area contributed by atoms with Crippen LogP contribution >= 0.6 is 12.6 Å². The molecule has 0 fully saturated rings. The number of benzene rings is 1. The Morgan fingerprint density at radius 1 is 1.37 bits per heavy atom. The molecule has 0 amide bonds. The number of rotatable bonds is 3. The highest BCUT2D eigenvalue weighted by molar-refractivity contribution is 7.81. The summed E-state index contributed by atoms with van der Waals surface area (Å²) in [5.74, 6) is 6.36. The van der Waals surface area contributed by atoms with Crippen LogP contribution in [0.2, 0.25) is 0 Å². The molecule has 0 heterocycles. The summed E-state index contributed by atoms with van der Waals surface area (Å²) in [6.45, 7) is 5.54. The predicted molar refractivity (Wildman–Crippen MR) is 83.5 cm³/mol. The fourth-order valence-corrected chi connectivity index (χ4v) is 1.23. The minimum atomic E-state index is -0.286. The third-order valence-corrected chi connectivity index (χ3v) is 2.10. The molecule has 1 aromatic carbocycles. The zero-order chi connectivity index (χ0) is 14.5. The number of unbranched alkanes of at least 4 members (excludes halogenated alkanes) is 2. The van der Waals surface area contributed by atoms with Crippen molar-refractivity contribution in [2.75, 3.05) is 0 Å². The van der Waals surface area contributed by atoms with Gasteiger partial charge in [0.1, 0.15) is 5.75 Å². The number of ether oxygens (including phenoxy) is 1. The second kappa shape index (κ2) is 11.7. The second-order valence-corrected chi connectivity index (χ2v) is 4.78. The quantitative estimate of drug-likeness (QED) is 0.296. The van der Waals surface area contributed by atoms with E-state index in [1.807, 2.05) is 25.1 Å². The molecule has 1 rings (SSSR count). The molecule has 0 saturated heterocycles. The first-order valence-electron chi connectivity index (χ1n) is 6.46. The maximum Gasteiger partial charge on any atom is 0.308 e. The normalized spacial score (nSPS) is 10.3. The van der Waals surface area contributed by atoms with Crippen molar-refractivity contribution in [1.29, 1.82) is 0 Å². The SMILES string of the molecule is CC(=O)Oc1ccccc1.CCCCC#CC(C)S. The van der Waals surface area contributed by atoms with Gasteiger partial charge in [-0.25, -0.2) is 0 Å². The van der Waals surface area contributed by atoms with Gasteiger partial charge in [-0.1, -0.05) is 37.5 Å². The van der Waals surface area contributed by atoms with Crippen LogP contribution in [0.3, 0.4) is 0 Å². The van der Waals surface area contributed by atoms with E-state index in [9.17, 15) is 4.79 Å². The lowest BCUT2D eigenvalue weighted by atomic mass is 10.2. The standard InChI is InChI=1S/C8H8O2.C8H14S/c1-7(9)10-8-5-3-2-4-6-8;1-3-4-5-6-7-8(2)9/h2-6H,1H3;8-9H,3-5H2,1-2H3. The average Bonchev–Trinajstić information content (AvgIpc) is 2.36. The molecule has 0 bridgehead atoms. The number of thiol groups is 1. The molecule has 104 valence electrons. The van der Waals surface area contributed by atoms with E-state index in [0.717, 1.165) is 6.42 Å². The van der Waals surface area contributed by atoms with Crippen molar-refractivity contribution in [3.05, 3.63) is 30.3 Å². The van der Waals surface area contributed by atoms with Gasteiger partial charge >= 0.3 is 5.97 Å². The molecule has 1 aromatic rings. The molecule has 0 radical (unpaired) electrons. The van der Waals surface area contributed by atoms with Crippen LogP contribution in [0, 0.1) is 11.8 Å². The van der Waals surface area contributed by atoms with Gasteiger partial charge in [-0.2, -0.15) is 12.6 Å². The Morgan fingerprint density at radius 2 is 2.00 bits per heavy atom.